The smallest absolute Gasteiger partial charge is 0.497 e. The number of benzene rings is 6. The molecule has 7 rings (SSSR count). The van der Waals surface area contributed by atoms with E-state index in [4.69, 9.17) is 36.0 Å². The lowest BCUT2D eigenvalue weighted by atomic mass is 9.81. The summed E-state index contributed by atoms with van der Waals surface area (Å²) in [7, 11) is -0.706. The zero-order chi connectivity index (χ0) is 49.2. The molecule has 0 saturated heterocycles. The fraction of sp³-hybridized carbons (Fsp3) is 0.379. The lowest BCUT2D eigenvalue weighted by Crippen LogP contribution is -2.17. The van der Waals surface area contributed by atoms with Crippen molar-refractivity contribution >= 4 is 38.8 Å². The van der Waals surface area contributed by atoms with Crippen LogP contribution in [0.1, 0.15) is 135 Å². The highest BCUT2D eigenvalue weighted by molar-refractivity contribution is 7.43. The third kappa shape index (κ3) is 11.6. The predicted molar refractivity (Wildman–Crippen MR) is 282 cm³/mol. The first-order valence-corrected chi connectivity index (χ1v) is 25.8. The van der Waals surface area contributed by atoms with Crippen LogP contribution in [0.5, 0.6) is 34.5 Å². The molecule has 0 aliphatic carbocycles. The standard InChI is InChI=1S/C58H70O8P2/c1-16-24-38-31-40(52(48(32-38)56(5,6)7)64-67(61-41-26-19-17-20-27-41)62-42-28-21-18-22-29-42)33-39-25-23-30-47(55(2,3)4)51(39)63-68-65-53-45(34-43(59-14)36-49(53)57(8,9)10)46-35-44(60-15)37-50(54(46)66-68)58(11,12)13/h17-23,25-32,34-37H,16,24,33H2,1-15H3. The van der Waals surface area contributed by atoms with Gasteiger partial charge in [0.15, 0.2) is 0 Å². The Morgan fingerprint density at radius 3 is 1.40 bits per heavy atom. The van der Waals surface area contributed by atoms with Crippen LogP contribution in [0.2, 0.25) is 0 Å². The van der Waals surface area contributed by atoms with Crippen molar-refractivity contribution in [2.45, 2.75) is 131 Å². The molecule has 1 heterocycles. The summed E-state index contributed by atoms with van der Waals surface area (Å²) in [6.07, 6.45) is 2.37. The van der Waals surface area contributed by atoms with E-state index >= 15 is 0 Å². The van der Waals surface area contributed by atoms with E-state index in [9.17, 15) is 0 Å². The van der Waals surface area contributed by atoms with Crippen LogP contribution in [0.25, 0.3) is 21.9 Å². The lowest BCUT2D eigenvalue weighted by molar-refractivity contribution is 0.380. The first-order chi connectivity index (χ1) is 32.1. The van der Waals surface area contributed by atoms with Crippen LogP contribution in [-0.4, -0.2) is 14.2 Å². The number of methoxy groups -OCH3 is 2. The third-order valence-corrected chi connectivity index (χ3v) is 13.9. The lowest BCUT2D eigenvalue weighted by Gasteiger charge is -2.28. The van der Waals surface area contributed by atoms with Crippen molar-refractivity contribution in [1.82, 2.24) is 0 Å². The Morgan fingerprint density at radius 2 is 0.956 bits per heavy atom. The number of ether oxygens (including phenoxy) is 2. The van der Waals surface area contributed by atoms with Crippen LogP contribution in [-0.2, 0) is 34.5 Å². The summed E-state index contributed by atoms with van der Waals surface area (Å²) >= 11 is 0. The zero-order valence-corrected chi connectivity index (χ0v) is 44.5. The van der Waals surface area contributed by atoms with Crippen molar-refractivity contribution in [2.24, 2.45) is 0 Å². The van der Waals surface area contributed by atoms with Gasteiger partial charge in [-0.3, -0.25) is 0 Å². The fourth-order valence-corrected chi connectivity index (χ4v) is 10.5. The third-order valence-electron chi connectivity index (χ3n) is 11.9. The highest BCUT2D eigenvalue weighted by Gasteiger charge is 2.32. The van der Waals surface area contributed by atoms with Crippen molar-refractivity contribution < 1.29 is 36.0 Å². The summed E-state index contributed by atoms with van der Waals surface area (Å²) in [5, 5.41) is 1.70. The van der Waals surface area contributed by atoms with Gasteiger partial charge in [0.1, 0.15) is 45.7 Å². The van der Waals surface area contributed by atoms with E-state index < -0.39 is 16.8 Å². The predicted octanol–water partition coefficient (Wildman–Crippen LogP) is 17.6. The molecule has 0 fully saturated rings. The minimum Gasteiger partial charge on any atom is -0.497 e. The van der Waals surface area contributed by atoms with Crippen LogP contribution in [0.3, 0.4) is 0 Å². The van der Waals surface area contributed by atoms with Gasteiger partial charge in [0.2, 0.25) is 0 Å². The van der Waals surface area contributed by atoms with Crippen molar-refractivity contribution in [2.75, 3.05) is 14.2 Å². The molecule has 0 saturated carbocycles. The SMILES string of the molecule is CCCc1cc(Cc2cccc(C(C)(C)C)c2Op2oc3c(C(C)(C)C)cc(OC)cc3c3cc(OC)cc(C(C)(C)C)c3o2)c(OP(Oc2ccccc2)Oc2ccccc2)c(C(C)(C)C)c1. The monoisotopic (exact) mass is 956 g/mol. The normalized spacial score (nSPS) is 12.4. The van der Waals surface area contributed by atoms with E-state index in [2.05, 4.69) is 132 Å². The van der Waals surface area contributed by atoms with E-state index in [1.165, 1.54) is 5.56 Å². The van der Waals surface area contributed by atoms with Gasteiger partial charge >= 0.3 is 16.8 Å². The van der Waals surface area contributed by atoms with Crippen molar-refractivity contribution in [1.29, 1.82) is 0 Å². The molecule has 0 bridgehead atoms. The molecule has 0 radical (unpaired) electrons. The van der Waals surface area contributed by atoms with Gasteiger partial charge in [0.05, 0.1) is 14.2 Å². The molecular weight excluding hydrogens is 887 g/mol. The maximum Gasteiger partial charge on any atom is 0.530 e. The maximum absolute atomic E-state index is 7.38. The van der Waals surface area contributed by atoms with Gasteiger partial charge in [0.25, 0.3) is 0 Å². The molecule has 7 aromatic rings. The second-order valence-electron chi connectivity index (χ2n) is 21.6. The Balaban J connectivity index is 1.49. The number of hydrogen-bond acceptors (Lipinski definition) is 8. The number of hydrogen-bond donors (Lipinski definition) is 0. The molecule has 6 aromatic carbocycles. The minimum absolute atomic E-state index is 0.298. The number of rotatable bonds is 14. The van der Waals surface area contributed by atoms with Crippen LogP contribution in [0.4, 0.5) is 0 Å². The van der Waals surface area contributed by atoms with E-state index in [1.54, 1.807) is 14.2 Å². The Hall–Kier alpha value is -5.55. The Labute approximate surface area is 406 Å². The van der Waals surface area contributed by atoms with Crippen molar-refractivity contribution in [3.8, 4) is 34.5 Å². The van der Waals surface area contributed by atoms with Crippen LogP contribution in [0.15, 0.2) is 124 Å². The van der Waals surface area contributed by atoms with Crippen LogP contribution in [0, 0.1) is 0 Å². The molecule has 0 aliphatic heterocycles. The molecule has 0 aliphatic rings. The summed E-state index contributed by atoms with van der Waals surface area (Å²) in [4.78, 5) is 0. The average molecular weight is 957 g/mol. The van der Waals surface area contributed by atoms with Gasteiger partial charge in [-0.25, -0.2) is 0 Å². The summed E-state index contributed by atoms with van der Waals surface area (Å²) < 4.78 is 53.9. The molecule has 10 heteroatoms. The first kappa shape index (κ1) is 50.3. The summed E-state index contributed by atoms with van der Waals surface area (Å²) in [5.41, 5.74) is 7.32. The molecule has 0 atom stereocenters. The average Bonchev–Trinajstić information content (AvgIpc) is 3.42. The summed E-state index contributed by atoms with van der Waals surface area (Å²) in [5.74, 6) is 4.19. The largest absolute Gasteiger partial charge is 0.530 e. The Morgan fingerprint density at radius 1 is 0.471 bits per heavy atom. The highest BCUT2D eigenvalue weighted by atomic mass is 31.2. The molecule has 360 valence electrons. The Kier molecular flexibility index (Phi) is 14.9. The molecule has 0 amide bonds. The van der Waals surface area contributed by atoms with Crippen molar-refractivity contribution in [3.05, 3.63) is 154 Å². The molecule has 0 spiro atoms. The molecular formula is C58H70O8P2. The summed E-state index contributed by atoms with van der Waals surface area (Å²) in [6.45, 7) is 28.6. The molecule has 68 heavy (non-hydrogen) atoms. The molecule has 0 N–H and O–H groups in total. The zero-order valence-electron chi connectivity index (χ0n) is 42.8. The van der Waals surface area contributed by atoms with Gasteiger partial charge in [-0.1, -0.05) is 163 Å². The van der Waals surface area contributed by atoms with Crippen LogP contribution < -0.4 is 27.6 Å². The maximum atomic E-state index is 7.38. The fourth-order valence-electron chi connectivity index (χ4n) is 8.31. The topological polar surface area (TPSA) is 81.7 Å². The number of fused-ring (bicyclic) bond motifs is 3. The first-order valence-electron chi connectivity index (χ1n) is 23.6. The van der Waals surface area contributed by atoms with E-state index in [0.29, 0.717) is 34.8 Å². The van der Waals surface area contributed by atoms with E-state index in [0.717, 1.165) is 74.2 Å². The number of aryl methyl sites for hydroxylation is 1. The molecule has 1 aromatic heterocycles. The second kappa shape index (κ2) is 20.2. The Bertz CT molecular complexity index is 2770. The van der Waals surface area contributed by atoms with Gasteiger partial charge in [-0.05, 0) is 87.7 Å². The minimum atomic E-state index is -2.12. The molecule has 8 nitrogen and oxygen atoms in total. The van der Waals surface area contributed by atoms with Gasteiger partial charge in [-0.2, -0.15) is 0 Å². The van der Waals surface area contributed by atoms with E-state index in [1.807, 2.05) is 72.8 Å². The number of para-hydroxylation sites is 3. The second-order valence-corrected chi connectivity index (χ2v) is 23.6. The highest BCUT2D eigenvalue weighted by Crippen LogP contribution is 2.51. The van der Waals surface area contributed by atoms with Gasteiger partial charge < -0.3 is 36.0 Å². The van der Waals surface area contributed by atoms with Gasteiger partial charge in [-0.15, -0.1) is 0 Å². The van der Waals surface area contributed by atoms with Crippen molar-refractivity contribution in [3.63, 3.8) is 0 Å². The quantitative estimate of drug-likeness (QED) is 0.0997. The van der Waals surface area contributed by atoms with E-state index in [-0.39, 0.29) is 21.7 Å². The van der Waals surface area contributed by atoms with Gasteiger partial charge in [0, 0.05) is 45.0 Å². The molecule has 0 unspecified atom stereocenters. The summed E-state index contributed by atoms with van der Waals surface area (Å²) in [6, 6.07) is 38.6. The van der Waals surface area contributed by atoms with Crippen LogP contribution >= 0.6 is 16.8 Å².